The number of likely N-dealkylation sites (tertiary alicyclic amines) is 1. The zero-order chi connectivity index (χ0) is 20.6. The summed E-state index contributed by atoms with van der Waals surface area (Å²) < 4.78 is 11.3. The summed E-state index contributed by atoms with van der Waals surface area (Å²) in [6.45, 7) is 20.9. The fourth-order valence-electron chi connectivity index (χ4n) is 3.69. The van der Waals surface area contributed by atoms with Crippen molar-refractivity contribution >= 4 is 11.9 Å². The van der Waals surface area contributed by atoms with Gasteiger partial charge in [0.1, 0.15) is 12.7 Å². The highest BCUT2D eigenvalue weighted by Crippen LogP contribution is 2.40. The van der Waals surface area contributed by atoms with Gasteiger partial charge in [-0.1, -0.05) is 0 Å². The highest BCUT2D eigenvalue weighted by Gasteiger charge is 2.47. The van der Waals surface area contributed by atoms with E-state index < -0.39 is 10.8 Å². The van der Waals surface area contributed by atoms with Gasteiger partial charge in [0.2, 0.25) is 0 Å². The highest BCUT2D eigenvalue weighted by molar-refractivity contribution is 5.75. The zero-order valence-electron chi connectivity index (χ0n) is 18.5. The average Bonchev–Trinajstić information content (AvgIpc) is 2.38. The second-order valence-electron chi connectivity index (χ2n) is 10.8. The van der Waals surface area contributed by atoms with Crippen LogP contribution in [0.15, 0.2) is 0 Å². The molecular weight excluding hydrogens is 330 g/mol. The first-order chi connectivity index (χ1) is 11.5. The summed E-state index contributed by atoms with van der Waals surface area (Å²) in [5, 5.41) is 0. The molecule has 0 spiro atoms. The van der Waals surface area contributed by atoms with Crippen LogP contribution in [0.2, 0.25) is 0 Å². The Labute approximate surface area is 159 Å². The van der Waals surface area contributed by atoms with Gasteiger partial charge >= 0.3 is 11.9 Å². The lowest BCUT2D eigenvalue weighted by molar-refractivity contribution is -0.171. The summed E-state index contributed by atoms with van der Waals surface area (Å²) in [7, 11) is 0. The van der Waals surface area contributed by atoms with E-state index in [0.29, 0.717) is 13.2 Å². The van der Waals surface area contributed by atoms with Crippen LogP contribution in [-0.4, -0.2) is 47.2 Å². The Morgan fingerprint density at radius 3 is 1.69 bits per heavy atom. The third-order valence-electron chi connectivity index (χ3n) is 4.96. The first-order valence-electron chi connectivity index (χ1n) is 9.63. The van der Waals surface area contributed by atoms with Crippen LogP contribution < -0.4 is 0 Å². The van der Waals surface area contributed by atoms with Crippen molar-refractivity contribution in [2.45, 2.75) is 99.3 Å². The smallest absolute Gasteiger partial charge is 0.311 e. The summed E-state index contributed by atoms with van der Waals surface area (Å²) >= 11 is 0. The molecule has 0 bridgehead atoms. The summed E-state index contributed by atoms with van der Waals surface area (Å²) in [5.41, 5.74) is -1.29. The van der Waals surface area contributed by atoms with Crippen LogP contribution in [0.25, 0.3) is 0 Å². The zero-order valence-corrected chi connectivity index (χ0v) is 18.5. The quantitative estimate of drug-likeness (QED) is 0.696. The topological polar surface area (TPSA) is 55.8 Å². The van der Waals surface area contributed by atoms with Crippen LogP contribution in [0.1, 0.15) is 82.1 Å². The number of carbonyl (C=O) groups is 2. The molecule has 152 valence electrons. The van der Waals surface area contributed by atoms with Crippen molar-refractivity contribution in [2.24, 2.45) is 10.8 Å². The van der Waals surface area contributed by atoms with Crippen LogP contribution in [-0.2, 0) is 19.1 Å². The molecule has 0 N–H and O–H groups in total. The summed E-state index contributed by atoms with van der Waals surface area (Å²) in [5.74, 6) is -0.330. The Morgan fingerprint density at radius 2 is 1.31 bits per heavy atom. The van der Waals surface area contributed by atoms with Crippen LogP contribution in [0.4, 0.5) is 0 Å². The number of carbonyl (C=O) groups excluding carboxylic acids is 2. The molecule has 0 amide bonds. The molecule has 1 rings (SSSR count). The van der Waals surface area contributed by atoms with Gasteiger partial charge in [0.05, 0.1) is 10.8 Å². The van der Waals surface area contributed by atoms with Gasteiger partial charge in [0, 0.05) is 30.5 Å². The van der Waals surface area contributed by atoms with E-state index >= 15 is 0 Å². The Bertz CT molecular complexity index is 505. The van der Waals surface area contributed by atoms with Crippen LogP contribution in [0, 0.1) is 10.8 Å². The highest BCUT2D eigenvalue weighted by atomic mass is 16.5. The van der Waals surface area contributed by atoms with Gasteiger partial charge in [-0.25, -0.2) is 0 Å². The van der Waals surface area contributed by atoms with Crippen molar-refractivity contribution in [1.82, 2.24) is 4.90 Å². The second-order valence-corrected chi connectivity index (χ2v) is 10.8. The van der Waals surface area contributed by atoms with Gasteiger partial charge in [-0.15, -0.1) is 0 Å². The lowest BCUT2D eigenvalue weighted by Gasteiger charge is -2.55. The monoisotopic (exact) mass is 369 g/mol. The SMILES string of the molecule is CC(C)(C)C(=O)OCCN1C(C)(C)CC(OC(=O)C(C)(C)C)CC1(C)C. The maximum absolute atomic E-state index is 12.3. The van der Waals surface area contributed by atoms with E-state index in [-0.39, 0.29) is 29.1 Å². The summed E-state index contributed by atoms with van der Waals surface area (Å²) in [6, 6.07) is 0. The number of hydrogen-bond donors (Lipinski definition) is 0. The molecule has 1 saturated heterocycles. The van der Waals surface area contributed by atoms with Crippen molar-refractivity contribution in [2.75, 3.05) is 13.2 Å². The third-order valence-corrected chi connectivity index (χ3v) is 4.96. The molecule has 0 aromatic carbocycles. The fraction of sp³-hybridized carbons (Fsp3) is 0.905. The minimum absolute atomic E-state index is 0.0971. The van der Waals surface area contributed by atoms with Crippen molar-refractivity contribution in [3.63, 3.8) is 0 Å². The molecule has 0 atom stereocenters. The number of esters is 2. The molecule has 0 aromatic rings. The molecule has 0 unspecified atom stereocenters. The van der Waals surface area contributed by atoms with Crippen LogP contribution in [0.3, 0.4) is 0 Å². The van der Waals surface area contributed by atoms with E-state index in [9.17, 15) is 9.59 Å². The summed E-state index contributed by atoms with van der Waals surface area (Å²) in [4.78, 5) is 26.7. The normalized spacial score (nSPS) is 21.3. The predicted molar refractivity (Wildman–Crippen MR) is 104 cm³/mol. The van der Waals surface area contributed by atoms with Crippen molar-refractivity contribution in [3.05, 3.63) is 0 Å². The van der Waals surface area contributed by atoms with Crippen molar-refractivity contribution < 1.29 is 19.1 Å². The molecule has 1 fully saturated rings. The van der Waals surface area contributed by atoms with Crippen LogP contribution >= 0.6 is 0 Å². The van der Waals surface area contributed by atoms with Gasteiger partial charge in [-0.3, -0.25) is 14.5 Å². The number of rotatable bonds is 4. The van der Waals surface area contributed by atoms with Crippen LogP contribution in [0.5, 0.6) is 0 Å². The van der Waals surface area contributed by atoms with E-state index in [0.717, 1.165) is 12.8 Å². The first-order valence-corrected chi connectivity index (χ1v) is 9.63. The van der Waals surface area contributed by atoms with Gasteiger partial charge in [0.15, 0.2) is 0 Å². The van der Waals surface area contributed by atoms with E-state index in [1.54, 1.807) is 0 Å². The molecule has 0 aliphatic carbocycles. The third kappa shape index (κ3) is 5.97. The largest absolute Gasteiger partial charge is 0.464 e. The van der Waals surface area contributed by atoms with Gasteiger partial charge < -0.3 is 9.47 Å². The molecule has 0 radical (unpaired) electrons. The molecule has 1 aliphatic heterocycles. The number of hydrogen-bond acceptors (Lipinski definition) is 5. The molecular formula is C21H39NO4. The van der Waals surface area contributed by atoms with E-state index in [2.05, 4.69) is 32.6 Å². The minimum atomic E-state index is -0.493. The van der Waals surface area contributed by atoms with E-state index in [1.165, 1.54) is 0 Å². The Kier molecular flexibility index (Phi) is 6.61. The fourth-order valence-corrected chi connectivity index (χ4v) is 3.69. The second kappa shape index (κ2) is 7.49. The van der Waals surface area contributed by atoms with Crippen molar-refractivity contribution in [1.29, 1.82) is 0 Å². The van der Waals surface area contributed by atoms with Gasteiger partial charge in [0.25, 0.3) is 0 Å². The predicted octanol–water partition coefficient (Wildman–Crippen LogP) is 4.19. The lowest BCUT2D eigenvalue weighted by Crippen LogP contribution is -2.63. The summed E-state index contributed by atoms with van der Waals surface area (Å²) in [6.07, 6.45) is 1.44. The van der Waals surface area contributed by atoms with Gasteiger partial charge in [-0.2, -0.15) is 0 Å². The molecule has 1 aliphatic rings. The van der Waals surface area contributed by atoms with E-state index in [1.807, 2.05) is 41.5 Å². The minimum Gasteiger partial charge on any atom is -0.464 e. The Balaban J connectivity index is 2.76. The molecule has 1 heterocycles. The standard InChI is InChI=1S/C21H39NO4/c1-18(2,3)16(23)25-12-11-22-20(7,8)13-15(14-21(22,9)10)26-17(24)19(4,5)6/h15H,11-14H2,1-10H3. The molecule has 26 heavy (non-hydrogen) atoms. The number of nitrogens with zero attached hydrogens (tertiary/aromatic N) is 1. The van der Waals surface area contributed by atoms with Crippen molar-refractivity contribution in [3.8, 4) is 0 Å². The molecule has 0 aromatic heterocycles. The molecule has 5 nitrogen and oxygen atoms in total. The first kappa shape index (κ1) is 22.9. The Hall–Kier alpha value is -1.10. The maximum Gasteiger partial charge on any atom is 0.311 e. The lowest BCUT2D eigenvalue weighted by atomic mass is 9.78. The maximum atomic E-state index is 12.3. The average molecular weight is 370 g/mol. The Morgan fingerprint density at radius 1 is 0.885 bits per heavy atom. The van der Waals surface area contributed by atoms with E-state index in [4.69, 9.17) is 9.47 Å². The molecule has 0 saturated carbocycles. The van der Waals surface area contributed by atoms with Gasteiger partial charge in [-0.05, 0) is 69.2 Å². The number of piperidine rings is 1. The molecule has 5 heteroatoms. The number of ether oxygens (including phenoxy) is 2.